The van der Waals surface area contributed by atoms with E-state index in [0.29, 0.717) is 5.69 Å². The molecule has 1 N–H and O–H groups in total. The first-order valence-electron chi connectivity index (χ1n) is 10.9. The topological polar surface area (TPSA) is 113 Å². The van der Waals surface area contributed by atoms with Crippen molar-refractivity contribution in [1.29, 1.82) is 0 Å². The van der Waals surface area contributed by atoms with Gasteiger partial charge < -0.3 is 5.32 Å². The summed E-state index contributed by atoms with van der Waals surface area (Å²) in [4.78, 5) is 25.4. The number of benzene rings is 3. The number of hydrogen-bond donors (Lipinski definition) is 1. The minimum atomic E-state index is -4.10. The number of amides is 1. The van der Waals surface area contributed by atoms with E-state index in [9.17, 15) is 27.7 Å². The summed E-state index contributed by atoms with van der Waals surface area (Å²) in [5.41, 5.74) is 0.688. The SMILES string of the molecule is O=C(Nc1ccc(F)cc1)[C@@H](c1ccccc1)N1CCN(S(=O)(=O)c2ccccc2[N+](=O)[O-])CC1. The third kappa shape index (κ3) is 5.37. The van der Waals surface area contributed by atoms with E-state index in [1.807, 2.05) is 35.2 Å². The van der Waals surface area contributed by atoms with Crippen LogP contribution in [0.15, 0.2) is 83.8 Å². The summed E-state index contributed by atoms with van der Waals surface area (Å²) in [5.74, 6) is -0.753. The molecule has 182 valence electrons. The van der Waals surface area contributed by atoms with Gasteiger partial charge in [0.25, 0.3) is 5.69 Å². The first kappa shape index (κ1) is 24.5. The van der Waals surface area contributed by atoms with Crippen LogP contribution >= 0.6 is 0 Å². The average Bonchev–Trinajstić information content (AvgIpc) is 2.86. The number of para-hydroxylation sites is 1. The van der Waals surface area contributed by atoms with Crippen LogP contribution in [0.25, 0.3) is 0 Å². The Morgan fingerprint density at radius 2 is 1.51 bits per heavy atom. The highest BCUT2D eigenvalue weighted by atomic mass is 32.2. The summed E-state index contributed by atoms with van der Waals surface area (Å²) in [7, 11) is -4.10. The Labute approximate surface area is 202 Å². The zero-order valence-electron chi connectivity index (χ0n) is 18.6. The van der Waals surface area contributed by atoms with Gasteiger partial charge in [-0.25, -0.2) is 12.8 Å². The van der Waals surface area contributed by atoms with Gasteiger partial charge in [0.05, 0.1) is 4.92 Å². The van der Waals surface area contributed by atoms with Crippen molar-refractivity contribution in [2.24, 2.45) is 0 Å². The lowest BCUT2D eigenvalue weighted by Crippen LogP contribution is -2.51. The minimum Gasteiger partial charge on any atom is -0.324 e. The molecule has 1 aliphatic heterocycles. The number of hydrogen-bond acceptors (Lipinski definition) is 6. The molecular weight excluding hydrogens is 475 g/mol. The zero-order chi connectivity index (χ0) is 25.0. The molecule has 1 atom stereocenters. The Kier molecular flexibility index (Phi) is 7.20. The maximum absolute atomic E-state index is 13.3. The molecule has 0 unspecified atom stereocenters. The van der Waals surface area contributed by atoms with Crippen LogP contribution in [0.2, 0.25) is 0 Å². The standard InChI is InChI=1S/C24H23FN4O5S/c25-19-10-12-20(13-11-19)26-24(30)23(18-6-2-1-3-7-18)27-14-16-28(17-15-27)35(33,34)22-9-5-4-8-21(22)29(31)32/h1-13,23H,14-17H2,(H,26,30)/t23-/m1/s1. The van der Waals surface area contributed by atoms with Gasteiger partial charge in [-0.15, -0.1) is 0 Å². The molecule has 4 rings (SSSR count). The smallest absolute Gasteiger partial charge is 0.289 e. The van der Waals surface area contributed by atoms with Crippen LogP contribution in [0.5, 0.6) is 0 Å². The molecule has 1 aliphatic rings. The molecule has 0 bridgehead atoms. The summed E-state index contributed by atoms with van der Waals surface area (Å²) in [6, 6.07) is 19.0. The summed E-state index contributed by atoms with van der Waals surface area (Å²) >= 11 is 0. The van der Waals surface area contributed by atoms with Gasteiger partial charge in [0.15, 0.2) is 4.90 Å². The van der Waals surface area contributed by atoms with E-state index in [1.54, 1.807) is 0 Å². The molecule has 0 radical (unpaired) electrons. The van der Waals surface area contributed by atoms with E-state index < -0.39 is 32.5 Å². The molecule has 9 nitrogen and oxygen atoms in total. The van der Waals surface area contributed by atoms with Crippen molar-refractivity contribution < 1.29 is 22.5 Å². The van der Waals surface area contributed by atoms with Crippen molar-refractivity contribution in [1.82, 2.24) is 9.21 Å². The van der Waals surface area contributed by atoms with E-state index in [1.165, 1.54) is 46.8 Å². The van der Waals surface area contributed by atoms with Gasteiger partial charge in [0, 0.05) is 37.9 Å². The highest BCUT2D eigenvalue weighted by Gasteiger charge is 2.36. The number of rotatable bonds is 7. The third-order valence-electron chi connectivity index (χ3n) is 5.79. The van der Waals surface area contributed by atoms with Crippen LogP contribution in [0.1, 0.15) is 11.6 Å². The van der Waals surface area contributed by atoms with E-state index >= 15 is 0 Å². The summed E-state index contributed by atoms with van der Waals surface area (Å²) < 4.78 is 40.8. The Morgan fingerprint density at radius 1 is 0.914 bits per heavy atom. The van der Waals surface area contributed by atoms with Crippen molar-refractivity contribution >= 4 is 27.3 Å². The number of halogens is 1. The lowest BCUT2D eigenvalue weighted by atomic mass is 10.0. The number of nitrogens with zero attached hydrogens (tertiary/aromatic N) is 3. The molecule has 3 aromatic carbocycles. The average molecular weight is 499 g/mol. The Balaban J connectivity index is 1.54. The molecule has 0 aromatic heterocycles. The third-order valence-corrected chi connectivity index (χ3v) is 7.74. The predicted molar refractivity (Wildman–Crippen MR) is 128 cm³/mol. The van der Waals surface area contributed by atoms with E-state index in [-0.39, 0.29) is 37.0 Å². The predicted octanol–water partition coefficient (Wildman–Crippen LogP) is 3.42. The van der Waals surface area contributed by atoms with Gasteiger partial charge >= 0.3 is 0 Å². The number of nitro benzene ring substituents is 1. The van der Waals surface area contributed by atoms with Crippen molar-refractivity contribution in [3.63, 3.8) is 0 Å². The van der Waals surface area contributed by atoms with Crippen LogP contribution in [-0.4, -0.2) is 54.6 Å². The molecule has 3 aromatic rings. The van der Waals surface area contributed by atoms with Gasteiger partial charge in [0.2, 0.25) is 15.9 Å². The monoisotopic (exact) mass is 498 g/mol. The van der Waals surface area contributed by atoms with Crippen LogP contribution < -0.4 is 5.32 Å². The molecule has 1 heterocycles. The molecule has 0 aliphatic carbocycles. The lowest BCUT2D eigenvalue weighted by molar-refractivity contribution is -0.387. The first-order chi connectivity index (χ1) is 16.8. The zero-order valence-corrected chi connectivity index (χ0v) is 19.4. The highest BCUT2D eigenvalue weighted by Crippen LogP contribution is 2.29. The number of carbonyl (C=O) groups excluding carboxylic acids is 1. The molecule has 1 saturated heterocycles. The maximum Gasteiger partial charge on any atom is 0.289 e. The molecule has 1 amide bonds. The van der Waals surface area contributed by atoms with Crippen LogP contribution in [-0.2, 0) is 14.8 Å². The summed E-state index contributed by atoms with van der Waals surface area (Å²) in [5, 5.41) is 14.1. The fraction of sp³-hybridized carbons (Fsp3) is 0.208. The Morgan fingerprint density at radius 3 is 2.14 bits per heavy atom. The molecule has 11 heteroatoms. The van der Waals surface area contributed by atoms with Crippen molar-refractivity contribution in [3.05, 3.63) is 100 Å². The fourth-order valence-corrected chi connectivity index (χ4v) is 5.65. The molecule has 0 saturated carbocycles. The summed E-state index contributed by atoms with van der Waals surface area (Å²) in [6.45, 7) is 0.579. The van der Waals surface area contributed by atoms with Gasteiger partial charge in [-0.3, -0.25) is 19.8 Å². The van der Waals surface area contributed by atoms with E-state index in [0.717, 1.165) is 11.6 Å². The molecule has 35 heavy (non-hydrogen) atoms. The Bertz CT molecular complexity index is 1310. The normalized spacial score (nSPS) is 15.9. The van der Waals surface area contributed by atoms with Crippen LogP contribution in [0, 0.1) is 15.9 Å². The lowest BCUT2D eigenvalue weighted by Gasteiger charge is -2.38. The van der Waals surface area contributed by atoms with Crippen LogP contribution in [0.3, 0.4) is 0 Å². The second kappa shape index (κ2) is 10.3. The number of carbonyl (C=O) groups is 1. The molecule has 0 spiro atoms. The van der Waals surface area contributed by atoms with Gasteiger partial charge in [-0.1, -0.05) is 42.5 Å². The first-order valence-corrected chi connectivity index (χ1v) is 12.3. The molecular formula is C24H23FN4O5S. The summed E-state index contributed by atoms with van der Waals surface area (Å²) in [6.07, 6.45) is 0. The van der Waals surface area contributed by atoms with Gasteiger partial charge in [-0.2, -0.15) is 4.31 Å². The van der Waals surface area contributed by atoms with Crippen LogP contribution in [0.4, 0.5) is 15.8 Å². The number of nitrogens with one attached hydrogen (secondary N) is 1. The number of sulfonamides is 1. The second-order valence-corrected chi connectivity index (χ2v) is 9.88. The largest absolute Gasteiger partial charge is 0.324 e. The highest BCUT2D eigenvalue weighted by molar-refractivity contribution is 7.89. The second-order valence-electron chi connectivity index (χ2n) is 7.97. The number of piperazine rings is 1. The van der Waals surface area contributed by atoms with Gasteiger partial charge in [0.1, 0.15) is 11.9 Å². The van der Waals surface area contributed by atoms with E-state index in [4.69, 9.17) is 0 Å². The Hall–Kier alpha value is -3.67. The fourth-order valence-electron chi connectivity index (χ4n) is 4.07. The minimum absolute atomic E-state index is 0.0571. The van der Waals surface area contributed by atoms with Crippen molar-refractivity contribution in [2.75, 3.05) is 31.5 Å². The molecule has 1 fully saturated rings. The van der Waals surface area contributed by atoms with E-state index in [2.05, 4.69) is 5.32 Å². The van der Waals surface area contributed by atoms with Crippen molar-refractivity contribution in [3.8, 4) is 0 Å². The number of nitro groups is 1. The number of anilines is 1. The van der Waals surface area contributed by atoms with Crippen molar-refractivity contribution in [2.45, 2.75) is 10.9 Å². The van der Waals surface area contributed by atoms with Gasteiger partial charge in [-0.05, 0) is 35.9 Å². The maximum atomic E-state index is 13.3. The quantitative estimate of drug-likeness (QED) is 0.395.